The van der Waals surface area contributed by atoms with E-state index >= 15 is 0 Å². The van der Waals surface area contributed by atoms with Crippen LogP contribution in [0.2, 0.25) is 0 Å². The number of nitrogens with zero attached hydrogens (tertiary/aromatic N) is 1. The van der Waals surface area contributed by atoms with E-state index < -0.39 is 15.7 Å². The molecule has 0 bridgehead atoms. The summed E-state index contributed by atoms with van der Waals surface area (Å²) in [7, 11) is -1.18. The molecule has 0 saturated heterocycles. The number of rotatable bonds is 3. The van der Waals surface area contributed by atoms with E-state index in [1.54, 1.807) is 12.1 Å². The molecule has 1 aliphatic carbocycles. The molecule has 0 heterocycles. The standard InChI is InChI=1S/C13H18N2O3S/c14-12-4-2-1-3-5-13(12)19(18)11-8-6-10(7-9-11)15(16)17/h6-9,12-13H,1-5,14H2. The Morgan fingerprint density at radius 3 is 2.42 bits per heavy atom. The largest absolute Gasteiger partial charge is 0.327 e. The fourth-order valence-electron chi connectivity index (χ4n) is 2.44. The summed E-state index contributed by atoms with van der Waals surface area (Å²) in [5.74, 6) is 0. The van der Waals surface area contributed by atoms with Gasteiger partial charge in [-0.25, -0.2) is 0 Å². The minimum Gasteiger partial charge on any atom is -0.327 e. The second-order valence-electron chi connectivity index (χ2n) is 4.89. The number of nitro benzene ring substituents is 1. The van der Waals surface area contributed by atoms with Gasteiger partial charge in [-0.1, -0.05) is 19.3 Å². The molecule has 1 aromatic rings. The van der Waals surface area contributed by atoms with E-state index in [4.69, 9.17) is 5.73 Å². The first-order valence-electron chi connectivity index (χ1n) is 6.50. The number of nitro groups is 1. The molecule has 1 aliphatic rings. The van der Waals surface area contributed by atoms with Gasteiger partial charge in [-0.2, -0.15) is 0 Å². The minimum atomic E-state index is -1.18. The maximum Gasteiger partial charge on any atom is 0.269 e. The number of non-ortho nitro benzene ring substituents is 1. The summed E-state index contributed by atoms with van der Waals surface area (Å²) in [6.45, 7) is 0. The lowest BCUT2D eigenvalue weighted by Gasteiger charge is -2.20. The van der Waals surface area contributed by atoms with E-state index in [9.17, 15) is 14.3 Å². The SMILES string of the molecule is NC1CCCCCC1S(=O)c1ccc([N+](=O)[O-])cc1. The molecule has 19 heavy (non-hydrogen) atoms. The lowest BCUT2D eigenvalue weighted by Crippen LogP contribution is -2.36. The molecular weight excluding hydrogens is 264 g/mol. The lowest BCUT2D eigenvalue weighted by atomic mass is 10.1. The Bertz CT molecular complexity index is 475. The molecule has 2 rings (SSSR count). The first-order chi connectivity index (χ1) is 9.09. The van der Waals surface area contributed by atoms with E-state index in [0.29, 0.717) is 4.90 Å². The minimum absolute atomic E-state index is 0.0194. The highest BCUT2D eigenvalue weighted by Crippen LogP contribution is 2.25. The van der Waals surface area contributed by atoms with Crippen molar-refractivity contribution in [1.82, 2.24) is 0 Å². The van der Waals surface area contributed by atoms with Crippen LogP contribution in [0.3, 0.4) is 0 Å². The molecule has 3 atom stereocenters. The highest BCUT2D eigenvalue weighted by atomic mass is 32.2. The van der Waals surface area contributed by atoms with Crippen molar-refractivity contribution in [2.24, 2.45) is 5.73 Å². The predicted octanol–water partition coefficient (Wildman–Crippen LogP) is 2.36. The van der Waals surface area contributed by atoms with Crippen LogP contribution in [0.15, 0.2) is 29.2 Å². The number of hydrogen-bond donors (Lipinski definition) is 1. The van der Waals surface area contributed by atoms with Crippen LogP contribution in [-0.2, 0) is 10.8 Å². The lowest BCUT2D eigenvalue weighted by molar-refractivity contribution is -0.384. The molecule has 0 spiro atoms. The summed E-state index contributed by atoms with van der Waals surface area (Å²) in [6.07, 6.45) is 5.06. The molecule has 1 fully saturated rings. The third kappa shape index (κ3) is 3.39. The van der Waals surface area contributed by atoms with Gasteiger partial charge in [0.15, 0.2) is 0 Å². The van der Waals surface area contributed by atoms with Crippen LogP contribution in [0.5, 0.6) is 0 Å². The fourth-order valence-corrected chi connectivity index (χ4v) is 4.03. The molecule has 5 nitrogen and oxygen atoms in total. The van der Waals surface area contributed by atoms with E-state index in [1.807, 2.05) is 0 Å². The van der Waals surface area contributed by atoms with E-state index in [0.717, 1.165) is 32.1 Å². The van der Waals surface area contributed by atoms with Crippen LogP contribution < -0.4 is 5.73 Å². The zero-order chi connectivity index (χ0) is 13.8. The van der Waals surface area contributed by atoms with Crippen LogP contribution in [-0.4, -0.2) is 20.4 Å². The second kappa shape index (κ2) is 6.25. The van der Waals surface area contributed by atoms with Gasteiger partial charge in [-0.3, -0.25) is 14.3 Å². The molecule has 3 unspecified atom stereocenters. The first-order valence-corrected chi connectivity index (χ1v) is 7.71. The first kappa shape index (κ1) is 14.1. The van der Waals surface area contributed by atoms with Crippen LogP contribution in [0.1, 0.15) is 32.1 Å². The smallest absolute Gasteiger partial charge is 0.269 e. The average molecular weight is 282 g/mol. The Hall–Kier alpha value is -1.27. The van der Waals surface area contributed by atoms with Crippen molar-refractivity contribution in [3.05, 3.63) is 34.4 Å². The number of hydrogen-bond acceptors (Lipinski definition) is 4. The summed E-state index contributed by atoms with van der Waals surface area (Å²) in [5.41, 5.74) is 6.11. The van der Waals surface area contributed by atoms with Gasteiger partial charge in [-0.15, -0.1) is 0 Å². The Morgan fingerprint density at radius 1 is 1.16 bits per heavy atom. The number of benzene rings is 1. The average Bonchev–Trinajstić information content (AvgIpc) is 2.63. The zero-order valence-corrected chi connectivity index (χ0v) is 11.5. The van der Waals surface area contributed by atoms with Crippen molar-refractivity contribution < 1.29 is 9.13 Å². The molecule has 6 heteroatoms. The summed E-state index contributed by atoms with van der Waals surface area (Å²) in [4.78, 5) is 10.8. The third-order valence-corrected chi connectivity index (χ3v) is 5.43. The Kier molecular flexibility index (Phi) is 4.66. The Morgan fingerprint density at radius 2 is 1.79 bits per heavy atom. The van der Waals surface area contributed by atoms with Gasteiger partial charge in [0.25, 0.3) is 5.69 Å². The summed E-state index contributed by atoms with van der Waals surface area (Å²) in [6, 6.07) is 5.90. The van der Waals surface area contributed by atoms with Crippen LogP contribution in [0.25, 0.3) is 0 Å². The quantitative estimate of drug-likeness (QED) is 0.524. The molecular formula is C13H18N2O3S. The summed E-state index contributed by atoms with van der Waals surface area (Å²) < 4.78 is 12.5. The second-order valence-corrected chi connectivity index (χ2v) is 6.56. The van der Waals surface area contributed by atoms with E-state index in [1.165, 1.54) is 12.1 Å². The molecule has 104 valence electrons. The molecule has 0 radical (unpaired) electrons. The van der Waals surface area contributed by atoms with Crippen LogP contribution >= 0.6 is 0 Å². The topological polar surface area (TPSA) is 86.2 Å². The molecule has 2 N–H and O–H groups in total. The van der Waals surface area contributed by atoms with E-state index in [-0.39, 0.29) is 17.0 Å². The predicted molar refractivity (Wildman–Crippen MR) is 74.4 cm³/mol. The van der Waals surface area contributed by atoms with Gasteiger partial charge in [0.2, 0.25) is 0 Å². The molecule has 0 aliphatic heterocycles. The molecule has 0 amide bonds. The van der Waals surface area contributed by atoms with Gasteiger partial charge in [0, 0.05) is 23.1 Å². The van der Waals surface area contributed by atoms with Crippen molar-refractivity contribution in [2.75, 3.05) is 0 Å². The Labute approximate surface area is 114 Å². The van der Waals surface area contributed by atoms with Crippen molar-refractivity contribution >= 4 is 16.5 Å². The van der Waals surface area contributed by atoms with Gasteiger partial charge in [-0.05, 0) is 25.0 Å². The van der Waals surface area contributed by atoms with Gasteiger partial charge in [0.1, 0.15) is 0 Å². The maximum absolute atomic E-state index is 12.5. The van der Waals surface area contributed by atoms with Crippen molar-refractivity contribution in [3.63, 3.8) is 0 Å². The fraction of sp³-hybridized carbons (Fsp3) is 0.538. The summed E-state index contributed by atoms with van der Waals surface area (Å²) >= 11 is 0. The Balaban J connectivity index is 2.15. The van der Waals surface area contributed by atoms with Crippen LogP contribution in [0, 0.1) is 10.1 Å². The molecule has 0 aromatic heterocycles. The molecule has 1 aromatic carbocycles. The van der Waals surface area contributed by atoms with E-state index in [2.05, 4.69) is 0 Å². The van der Waals surface area contributed by atoms with Crippen molar-refractivity contribution in [2.45, 2.75) is 48.3 Å². The maximum atomic E-state index is 12.5. The highest BCUT2D eigenvalue weighted by molar-refractivity contribution is 7.85. The van der Waals surface area contributed by atoms with Crippen molar-refractivity contribution in [3.8, 4) is 0 Å². The van der Waals surface area contributed by atoms with Crippen LogP contribution in [0.4, 0.5) is 5.69 Å². The van der Waals surface area contributed by atoms with Gasteiger partial charge < -0.3 is 5.73 Å². The zero-order valence-electron chi connectivity index (χ0n) is 10.7. The summed E-state index contributed by atoms with van der Waals surface area (Å²) in [5, 5.41) is 10.6. The highest BCUT2D eigenvalue weighted by Gasteiger charge is 2.27. The van der Waals surface area contributed by atoms with Gasteiger partial charge in [0.05, 0.1) is 21.0 Å². The number of nitrogens with two attached hydrogens (primary N) is 1. The van der Waals surface area contributed by atoms with Gasteiger partial charge >= 0.3 is 0 Å². The normalized spacial score (nSPS) is 25.5. The monoisotopic (exact) mass is 282 g/mol. The molecule has 1 saturated carbocycles. The van der Waals surface area contributed by atoms with Crippen molar-refractivity contribution in [1.29, 1.82) is 0 Å². The third-order valence-electron chi connectivity index (χ3n) is 3.56.